The van der Waals surface area contributed by atoms with E-state index in [-0.39, 0.29) is 0 Å². The van der Waals surface area contributed by atoms with Gasteiger partial charge in [-0.15, -0.1) is 0 Å². The van der Waals surface area contributed by atoms with E-state index in [2.05, 4.69) is 49.5 Å². The zero-order valence-corrected chi connectivity index (χ0v) is 11.9. The molecule has 1 aliphatic carbocycles. The second-order valence-electron chi connectivity index (χ2n) is 5.66. The molecule has 18 heavy (non-hydrogen) atoms. The van der Waals surface area contributed by atoms with E-state index in [0.717, 1.165) is 12.0 Å². The fraction of sp³-hybridized carbons (Fsp3) is 0.647. The molecule has 0 bridgehead atoms. The maximum atomic E-state index is 3.87. The van der Waals surface area contributed by atoms with Gasteiger partial charge in [0.2, 0.25) is 0 Å². The summed E-state index contributed by atoms with van der Waals surface area (Å²) in [6.45, 7) is 4.61. The van der Waals surface area contributed by atoms with Crippen LogP contribution in [0.15, 0.2) is 30.3 Å². The van der Waals surface area contributed by atoms with E-state index in [1.54, 1.807) is 0 Å². The number of nitrogens with one attached hydrogen (secondary N) is 1. The Bertz CT molecular complexity index is 325. The summed E-state index contributed by atoms with van der Waals surface area (Å²) in [6, 6.07) is 12.2. The lowest BCUT2D eigenvalue weighted by atomic mass is 9.84. The SMILES string of the molecule is CCC1CCC(NC(CC)c2ccccc2)CC1. The molecule has 1 heteroatoms. The van der Waals surface area contributed by atoms with E-state index >= 15 is 0 Å². The molecule has 1 aliphatic rings. The molecular weight excluding hydrogens is 218 g/mol. The minimum Gasteiger partial charge on any atom is -0.307 e. The zero-order valence-electron chi connectivity index (χ0n) is 11.9. The third-order valence-electron chi connectivity index (χ3n) is 4.47. The molecular formula is C17H27N. The maximum Gasteiger partial charge on any atom is 0.0320 e. The lowest BCUT2D eigenvalue weighted by Gasteiger charge is -2.31. The minimum atomic E-state index is 0.536. The molecule has 0 heterocycles. The predicted molar refractivity (Wildman–Crippen MR) is 78.6 cm³/mol. The Balaban J connectivity index is 1.88. The lowest BCUT2D eigenvalue weighted by Crippen LogP contribution is -2.35. The van der Waals surface area contributed by atoms with Gasteiger partial charge in [-0.1, -0.05) is 50.6 Å². The number of hydrogen-bond donors (Lipinski definition) is 1. The Kier molecular flexibility index (Phi) is 5.25. The van der Waals surface area contributed by atoms with Crippen LogP contribution in [0.5, 0.6) is 0 Å². The summed E-state index contributed by atoms with van der Waals surface area (Å²) in [4.78, 5) is 0. The molecule has 1 atom stereocenters. The Morgan fingerprint density at radius 2 is 1.72 bits per heavy atom. The van der Waals surface area contributed by atoms with Crippen LogP contribution >= 0.6 is 0 Å². The van der Waals surface area contributed by atoms with Crippen molar-refractivity contribution in [2.75, 3.05) is 0 Å². The molecule has 1 nitrogen and oxygen atoms in total. The van der Waals surface area contributed by atoms with Gasteiger partial charge in [0.25, 0.3) is 0 Å². The van der Waals surface area contributed by atoms with Gasteiger partial charge in [0.15, 0.2) is 0 Å². The summed E-state index contributed by atoms with van der Waals surface area (Å²) in [5.41, 5.74) is 1.44. The van der Waals surface area contributed by atoms with Gasteiger partial charge in [0, 0.05) is 12.1 Å². The average molecular weight is 245 g/mol. The van der Waals surface area contributed by atoms with E-state index < -0.39 is 0 Å². The van der Waals surface area contributed by atoms with Gasteiger partial charge >= 0.3 is 0 Å². The quantitative estimate of drug-likeness (QED) is 0.793. The largest absolute Gasteiger partial charge is 0.307 e. The third-order valence-corrected chi connectivity index (χ3v) is 4.47. The van der Waals surface area contributed by atoms with Crippen molar-refractivity contribution in [2.24, 2.45) is 5.92 Å². The first kappa shape index (κ1) is 13.6. The molecule has 0 aromatic heterocycles. The normalized spacial score (nSPS) is 25.9. The van der Waals surface area contributed by atoms with Gasteiger partial charge < -0.3 is 5.32 Å². The molecule has 1 aromatic rings. The Morgan fingerprint density at radius 3 is 2.28 bits per heavy atom. The van der Waals surface area contributed by atoms with Crippen LogP contribution in [0.2, 0.25) is 0 Å². The molecule has 1 fully saturated rings. The number of rotatable bonds is 5. The highest BCUT2D eigenvalue weighted by Gasteiger charge is 2.22. The number of benzene rings is 1. The first-order valence-corrected chi connectivity index (χ1v) is 7.64. The van der Waals surface area contributed by atoms with Crippen molar-refractivity contribution in [1.82, 2.24) is 5.32 Å². The molecule has 0 amide bonds. The minimum absolute atomic E-state index is 0.536. The molecule has 0 spiro atoms. The summed E-state index contributed by atoms with van der Waals surface area (Å²) in [7, 11) is 0. The molecule has 1 unspecified atom stereocenters. The van der Waals surface area contributed by atoms with Gasteiger partial charge in [-0.25, -0.2) is 0 Å². The second-order valence-corrected chi connectivity index (χ2v) is 5.66. The lowest BCUT2D eigenvalue weighted by molar-refractivity contribution is 0.267. The van der Waals surface area contributed by atoms with E-state index in [9.17, 15) is 0 Å². The van der Waals surface area contributed by atoms with Crippen LogP contribution in [-0.2, 0) is 0 Å². The van der Waals surface area contributed by atoms with Gasteiger partial charge in [0.1, 0.15) is 0 Å². The fourth-order valence-corrected chi connectivity index (χ4v) is 3.16. The van der Waals surface area contributed by atoms with Crippen molar-refractivity contribution < 1.29 is 0 Å². The molecule has 0 radical (unpaired) electrons. The van der Waals surface area contributed by atoms with Crippen molar-refractivity contribution in [3.05, 3.63) is 35.9 Å². The Hall–Kier alpha value is -0.820. The molecule has 1 aromatic carbocycles. The van der Waals surface area contributed by atoms with E-state index in [4.69, 9.17) is 0 Å². The summed E-state index contributed by atoms with van der Waals surface area (Å²) in [5.74, 6) is 0.986. The highest BCUT2D eigenvalue weighted by atomic mass is 14.9. The third kappa shape index (κ3) is 3.58. The number of hydrogen-bond acceptors (Lipinski definition) is 1. The monoisotopic (exact) mass is 245 g/mol. The predicted octanol–water partition coefficient (Wildman–Crippen LogP) is 4.70. The second kappa shape index (κ2) is 6.94. The van der Waals surface area contributed by atoms with Crippen molar-refractivity contribution in [2.45, 2.75) is 64.5 Å². The van der Waals surface area contributed by atoms with Crippen LogP contribution in [0.4, 0.5) is 0 Å². The van der Waals surface area contributed by atoms with Crippen LogP contribution in [-0.4, -0.2) is 6.04 Å². The van der Waals surface area contributed by atoms with Crippen LogP contribution in [0.1, 0.15) is 64.0 Å². The summed E-state index contributed by atoms with van der Waals surface area (Å²) in [5, 5.41) is 3.87. The summed E-state index contributed by atoms with van der Waals surface area (Å²) in [6.07, 6.45) is 8.10. The van der Waals surface area contributed by atoms with E-state index in [1.807, 2.05) is 0 Å². The van der Waals surface area contributed by atoms with E-state index in [0.29, 0.717) is 6.04 Å². The molecule has 1 saturated carbocycles. The Morgan fingerprint density at radius 1 is 1.06 bits per heavy atom. The van der Waals surface area contributed by atoms with Gasteiger partial charge in [-0.05, 0) is 43.6 Å². The van der Waals surface area contributed by atoms with Crippen LogP contribution in [0.3, 0.4) is 0 Å². The van der Waals surface area contributed by atoms with Crippen molar-refractivity contribution in [3.8, 4) is 0 Å². The molecule has 0 saturated heterocycles. The van der Waals surface area contributed by atoms with Crippen molar-refractivity contribution in [3.63, 3.8) is 0 Å². The van der Waals surface area contributed by atoms with Crippen molar-refractivity contribution >= 4 is 0 Å². The summed E-state index contributed by atoms with van der Waals surface area (Å²) < 4.78 is 0. The highest BCUT2D eigenvalue weighted by Crippen LogP contribution is 2.28. The van der Waals surface area contributed by atoms with Gasteiger partial charge in [-0.3, -0.25) is 0 Å². The average Bonchev–Trinajstić information content (AvgIpc) is 2.46. The molecule has 0 aliphatic heterocycles. The molecule has 2 rings (SSSR count). The van der Waals surface area contributed by atoms with Crippen LogP contribution in [0.25, 0.3) is 0 Å². The Labute approximate surface area is 112 Å². The van der Waals surface area contributed by atoms with Crippen molar-refractivity contribution in [1.29, 1.82) is 0 Å². The first-order valence-electron chi connectivity index (χ1n) is 7.64. The first-order chi connectivity index (χ1) is 8.83. The van der Waals surface area contributed by atoms with Gasteiger partial charge in [0.05, 0.1) is 0 Å². The smallest absolute Gasteiger partial charge is 0.0320 e. The zero-order chi connectivity index (χ0) is 12.8. The maximum absolute atomic E-state index is 3.87. The molecule has 1 N–H and O–H groups in total. The van der Waals surface area contributed by atoms with E-state index in [1.165, 1.54) is 44.1 Å². The van der Waals surface area contributed by atoms with Gasteiger partial charge in [-0.2, -0.15) is 0 Å². The van der Waals surface area contributed by atoms with Crippen LogP contribution < -0.4 is 5.32 Å². The highest BCUT2D eigenvalue weighted by molar-refractivity contribution is 5.18. The standard InChI is InChI=1S/C17H27N/c1-3-14-10-12-16(13-11-14)18-17(4-2)15-8-6-5-7-9-15/h5-9,14,16-18H,3-4,10-13H2,1-2H3. The summed E-state index contributed by atoms with van der Waals surface area (Å²) >= 11 is 0. The molecule has 100 valence electrons. The topological polar surface area (TPSA) is 12.0 Å². The van der Waals surface area contributed by atoms with Crippen LogP contribution in [0, 0.1) is 5.92 Å². The fourth-order valence-electron chi connectivity index (χ4n) is 3.16.